The second kappa shape index (κ2) is 13.2. The van der Waals surface area contributed by atoms with Gasteiger partial charge >= 0.3 is 0 Å². The molecule has 0 saturated carbocycles. The molecule has 3 nitrogen and oxygen atoms in total. The molecule has 54 heavy (non-hydrogen) atoms. The van der Waals surface area contributed by atoms with Crippen molar-refractivity contribution in [3.05, 3.63) is 188 Å². The topological polar surface area (TPSA) is 38.7 Å². The third-order valence-electron chi connectivity index (χ3n) is 10.8. The van der Waals surface area contributed by atoms with Gasteiger partial charge in [0.15, 0.2) is 17.5 Å². The summed E-state index contributed by atoms with van der Waals surface area (Å²) in [6.07, 6.45) is 9.77. The van der Waals surface area contributed by atoms with Crippen LogP contribution in [0.25, 0.3) is 87.4 Å². The maximum absolute atomic E-state index is 5.22. The first kappa shape index (κ1) is 32.2. The normalized spacial score (nSPS) is 15.4. The monoisotopic (exact) mass is 709 g/mol. The molecule has 2 heterocycles. The second-order valence-electron chi connectivity index (χ2n) is 14.3. The average molecular weight is 710 g/mol. The molecule has 7 aromatic carbocycles. The highest BCUT2D eigenvalue weighted by atomic mass is 32.1. The number of benzene rings is 7. The molecule has 10 rings (SSSR count). The van der Waals surface area contributed by atoms with Crippen LogP contribution in [-0.2, 0) is 5.41 Å². The van der Waals surface area contributed by atoms with E-state index >= 15 is 0 Å². The minimum absolute atomic E-state index is 0.0343. The van der Waals surface area contributed by atoms with Crippen molar-refractivity contribution in [3.63, 3.8) is 0 Å². The molecule has 1 aliphatic carbocycles. The van der Waals surface area contributed by atoms with Gasteiger partial charge in [0.25, 0.3) is 0 Å². The van der Waals surface area contributed by atoms with E-state index in [-0.39, 0.29) is 5.41 Å². The summed E-state index contributed by atoms with van der Waals surface area (Å²) in [5, 5.41) is 4.78. The Morgan fingerprint density at radius 1 is 0.481 bits per heavy atom. The van der Waals surface area contributed by atoms with E-state index in [0.29, 0.717) is 17.5 Å². The van der Waals surface area contributed by atoms with Crippen LogP contribution in [0.5, 0.6) is 0 Å². The van der Waals surface area contributed by atoms with E-state index in [0.717, 1.165) is 28.5 Å². The molecular weight excluding hydrogens is 675 g/mol. The molecule has 0 spiro atoms. The number of fused-ring (bicyclic) bond motifs is 4. The van der Waals surface area contributed by atoms with Crippen LogP contribution in [0.4, 0.5) is 0 Å². The van der Waals surface area contributed by atoms with Gasteiger partial charge < -0.3 is 0 Å². The van der Waals surface area contributed by atoms with Crippen LogP contribution in [-0.4, -0.2) is 15.0 Å². The van der Waals surface area contributed by atoms with Crippen LogP contribution < -0.4 is 0 Å². The van der Waals surface area contributed by atoms with Crippen LogP contribution in [0, 0.1) is 0 Å². The summed E-state index contributed by atoms with van der Waals surface area (Å²) in [5.41, 5.74) is 8.96. The molecule has 4 heteroatoms. The molecule has 0 aliphatic heterocycles. The molecule has 1 atom stereocenters. The van der Waals surface area contributed by atoms with Crippen molar-refractivity contribution in [2.24, 2.45) is 0 Å². The Morgan fingerprint density at radius 3 is 1.87 bits per heavy atom. The number of thiophene rings is 1. The van der Waals surface area contributed by atoms with Crippen molar-refractivity contribution < 1.29 is 0 Å². The largest absolute Gasteiger partial charge is 0.208 e. The summed E-state index contributed by atoms with van der Waals surface area (Å²) < 4.78 is 2.44. The van der Waals surface area contributed by atoms with Crippen molar-refractivity contribution in [3.8, 4) is 56.4 Å². The van der Waals surface area contributed by atoms with E-state index in [9.17, 15) is 0 Å². The number of nitrogens with zero attached hydrogens (tertiary/aromatic N) is 3. The van der Waals surface area contributed by atoms with Crippen molar-refractivity contribution >= 4 is 42.3 Å². The Balaban J connectivity index is 1.08. The van der Waals surface area contributed by atoms with Crippen LogP contribution in [0.1, 0.15) is 18.9 Å². The van der Waals surface area contributed by atoms with Gasteiger partial charge in [0.2, 0.25) is 0 Å². The van der Waals surface area contributed by atoms with Gasteiger partial charge in [0.05, 0.1) is 0 Å². The molecule has 0 N–H and O–H groups in total. The minimum atomic E-state index is -0.0343. The molecule has 0 radical (unpaired) electrons. The molecule has 0 saturated heterocycles. The zero-order valence-electron chi connectivity index (χ0n) is 29.8. The molecular formula is C50H35N3S. The Morgan fingerprint density at radius 2 is 1.09 bits per heavy atom. The maximum Gasteiger partial charge on any atom is 0.165 e. The van der Waals surface area contributed by atoms with E-state index in [4.69, 9.17) is 15.0 Å². The van der Waals surface area contributed by atoms with Gasteiger partial charge in [-0.25, -0.2) is 15.0 Å². The molecule has 0 amide bonds. The van der Waals surface area contributed by atoms with Crippen molar-refractivity contribution in [1.82, 2.24) is 15.0 Å². The number of aromatic nitrogens is 3. The zero-order valence-corrected chi connectivity index (χ0v) is 30.6. The first-order valence-corrected chi connectivity index (χ1v) is 19.2. The van der Waals surface area contributed by atoms with Crippen molar-refractivity contribution in [2.75, 3.05) is 0 Å². The summed E-state index contributed by atoms with van der Waals surface area (Å²) in [7, 11) is 0. The highest BCUT2D eigenvalue weighted by Gasteiger charge is 2.24. The SMILES string of the molecule is CC1(c2ccc(-c3nc(-c4ccc5ccc(-c6ccc(-c7ccccc7)cc6)cc5c4)nc(-c4cccc5c4sc4ccccc45)n3)cc2)C=CC=CC1. The summed E-state index contributed by atoms with van der Waals surface area (Å²) in [4.78, 5) is 15.6. The van der Waals surface area contributed by atoms with E-state index < -0.39 is 0 Å². The predicted molar refractivity (Wildman–Crippen MR) is 228 cm³/mol. The summed E-state index contributed by atoms with van der Waals surface area (Å²) >= 11 is 1.79. The Bertz CT molecular complexity index is 2900. The fourth-order valence-electron chi connectivity index (χ4n) is 7.67. The third kappa shape index (κ3) is 5.82. The van der Waals surface area contributed by atoms with E-state index in [1.165, 1.54) is 53.4 Å². The molecule has 1 aliphatic rings. The second-order valence-corrected chi connectivity index (χ2v) is 15.3. The lowest BCUT2D eigenvalue weighted by Gasteiger charge is -2.27. The highest BCUT2D eigenvalue weighted by molar-refractivity contribution is 7.26. The number of hydrogen-bond donors (Lipinski definition) is 0. The Hall–Kier alpha value is -6.49. The van der Waals surface area contributed by atoms with Crippen LogP contribution in [0.15, 0.2) is 182 Å². The van der Waals surface area contributed by atoms with Gasteiger partial charge in [-0.3, -0.25) is 0 Å². The first-order chi connectivity index (χ1) is 26.6. The number of rotatable bonds is 6. The fourth-order valence-corrected chi connectivity index (χ4v) is 8.88. The molecule has 0 bridgehead atoms. The lowest BCUT2D eigenvalue weighted by Crippen LogP contribution is -2.19. The molecule has 2 aromatic heterocycles. The van der Waals surface area contributed by atoms with E-state index in [1.807, 2.05) is 0 Å². The number of allylic oxidation sites excluding steroid dienone is 4. The van der Waals surface area contributed by atoms with Gasteiger partial charge in [-0.1, -0.05) is 165 Å². The maximum atomic E-state index is 5.22. The lowest BCUT2D eigenvalue weighted by molar-refractivity contribution is 0.600. The van der Waals surface area contributed by atoms with Gasteiger partial charge in [-0.15, -0.1) is 11.3 Å². The van der Waals surface area contributed by atoms with E-state index in [1.54, 1.807) is 11.3 Å². The third-order valence-corrected chi connectivity index (χ3v) is 12.0. The molecule has 1 unspecified atom stereocenters. The van der Waals surface area contributed by atoms with Gasteiger partial charge in [-0.05, 0) is 69.3 Å². The molecule has 9 aromatic rings. The lowest BCUT2D eigenvalue weighted by atomic mass is 9.77. The van der Waals surface area contributed by atoms with Gasteiger partial charge in [0.1, 0.15) is 0 Å². The Labute approximate surface area is 318 Å². The summed E-state index contributed by atoms with van der Waals surface area (Å²) in [5.74, 6) is 2.00. The van der Waals surface area contributed by atoms with Gasteiger partial charge in [-0.2, -0.15) is 0 Å². The quantitative estimate of drug-likeness (QED) is 0.172. The summed E-state index contributed by atoms with van der Waals surface area (Å²) in [6.45, 7) is 2.29. The van der Waals surface area contributed by atoms with Crippen LogP contribution in [0.2, 0.25) is 0 Å². The first-order valence-electron chi connectivity index (χ1n) is 18.4. The predicted octanol–water partition coefficient (Wildman–Crippen LogP) is 13.5. The van der Waals surface area contributed by atoms with Crippen LogP contribution >= 0.6 is 11.3 Å². The standard InChI is InChI=1S/C50H35N3S/c1-50(29-8-3-9-30-50)41-27-25-37(26-28-41)47-51-48(53-49(52-47)44-15-10-14-43-42-13-6-7-16-45(42)54-46(43)44)39-24-22-36-21-23-38(31-40(36)32-39)35-19-17-34(18-20-35)33-11-4-2-5-12-33/h2-29,31-32H,30H2,1H3. The van der Waals surface area contributed by atoms with E-state index in [2.05, 4.69) is 189 Å². The fraction of sp³-hybridized carbons (Fsp3) is 0.0600. The minimum Gasteiger partial charge on any atom is -0.208 e. The van der Waals surface area contributed by atoms with Crippen molar-refractivity contribution in [1.29, 1.82) is 0 Å². The average Bonchev–Trinajstić information content (AvgIpc) is 3.63. The van der Waals surface area contributed by atoms with Gasteiger partial charge in [0, 0.05) is 42.3 Å². The molecule has 0 fully saturated rings. The Kier molecular flexibility index (Phi) is 7.85. The smallest absolute Gasteiger partial charge is 0.165 e. The molecule has 256 valence electrons. The number of hydrogen-bond acceptors (Lipinski definition) is 4. The van der Waals surface area contributed by atoms with Crippen LogP contribution in [0.3, 0.4) is 0 Å². The summed E-state index contributed by atoms with van der Waals surface area (Å²) in [6, 6.07) is 56.3. The highest BCUT2D eigenvalue weighted by Crippen LogP contribution is 2.40. The zero-order chi connectivity index (χ0) is 36.1. The van der Waals surface area contributed by atoms with Crippen molar-refractivity contribution in [2.45, 2.75) is 18.8 Å².